The van der Waals surface area contributed by atoms with E-state index in [1.54, 1.807) is 6.20 Å². The van der Waals surface area contributed by atoms with Gasteiger partial charge in [0.1, 0.15) is 18.1 Å². The van der Waals surface area contributed by atoms with Gasteiger partial charge in [-0.3, -0.25) is 19.2 Å². The molecule has 0 fully saturated rings. The van der Waals surface area contributed by atoms with Gasteiger partial charge in [-0.2, -0.15) is 0 Å². The van der Waals surface area contributed by atoms with Crippen LogP contribution in [0.15, 0.2) is 43.0 Å². The van der Waals surface area contributed by atoms with Crippen LogP contribution in [0, 0.1) is 0 Å². The number of carbonyl (C=O) groups excluding carboxylic acids is 4. The number of para-hydroxylation sites is 1. The van der Waals surface area contributed by atoms with Crippen LogP contribution in [-0.2, 0) is 36.8 Å². The van der Waals surface area contributed by atoms with Crippen LogP contribution >= 0.6 is 0 Å². The highest BCUT2D eigenvalue weighted by molar-refractivity contribution is 5.94. The van der Waals surface area contributed by atoms with E-state index in [4.69, 9.17) is 17.2 Å². The summed E-state index contributed by atoms with van der Waals surface area (Å²) in [7, 11) is 0. The van der Waals surface area contributed by atoms with Gasteiger partial charge >= 0.3 is 5.97 Å². The minimum absolute atomic E-state index is 0.0155. The normalized spacial score (nSPS) is 13.9. The number of benzene rings is 1. The first-order valence-corrected chi connectivity index (χ1v) is 14.0. The molecular weight excluding hydrogens is 558 g/mol. The molecule has 0 aliphatic rings. The van der Waals surface area contributed by atoms with Gasteiger partial charge in [-0.15, -0.1) is 0 Å². The summed E-state index contributed by atoms with van der Waals surface area (Å²) in [6.07, 6.45) is 5.56. The molecule has 4 unspecified atom stereocenters. The van der Waals surface area contributed by atoms with Crippen LogP contribution in [0.3, 0.4) is 0 Å². The number of nitrogens with zero attached hydrogens (tertiary/aromatic N) is 1. The summed E-state index contributed by atoms with van der Waals surface area (Å²) in [6, 6.07) is 2.84. The van der Waals surface area contributed by atoms with E-state index in [2.05, 4.69) is 30.9 Å². The lowest BCUT2D eigenvalue weighted by Gasteiger charge is -2.25. The third kappa shape index (κ3) is 9.93. The smallest absolute Gasteiger partial charge is 0.326 e. The number of carboxylic acids is 1. The summed E-state index contributed by atoms with van der Waals surface area (Å²) in [5, 5.41) is 18.1. The number of fused-ring (bicyclic) bond motifs is 1. The van der Waals surface area contributed by atoms with Crippen molar-refractivity contribution in [2.24, 2.45) is 17.2 Å². The predicted molar refractivity (Wildman–Crippen MR) is 157 cm³/mol. The van der Waals surface area contributed by atoms with Crippen molar-refractivity contribution >= 4 is 40.5 Å². The lowest BCUT2D eigenvalue weighted by Crippen LogP contribution is -2.58. The second kappa shape index (κ2) is 16.0. The van der Waals surface area contributed by atoms with Crippen LogP contribution in [0.5, 0.6) is 0 Å². The number of primary amides is 1. The first-order chi connectivity index (χ1) is 20.6. The number of rotatable bonds is 18. The van der Waals surface area contributed by atoms with E-state index in [9.17, 15) is 29.1 Å². The van der Waals surface area contributed by atoms with E-state index >= 15 is 0 Å². The molecule has 0 aliphatic heterocycles. The average Bonchev–Trinajstić information content (AvgIpc) is 3.64. The Morgan fingerprint density at radius 1 is 0.884 bits per heavy atom. The van der Waals surface area contributed by atoms with Crippen molar-refractivity contribution < 1.29 is 29.1 Å². The molecule has 0 aliphatic carbocycles. The Kier molecular flexibility index (Phi) is 12.2. The van der Waals surface area contributed by atoms with Gasteiger partial charge in [0.2, 0.25) is 23.6 Å². The molecule has 15 heteroatoms. The number of unbranched alkanes of at least 4 members (excludes halogenated alkanes) is 1. The van der Waals surface area contributed by atoms with Crippen LogP contribution in [-0.4, -0.2) is 80.4 Å². The highest BCUT2D eigenvalue weighted by Crippen LogP contribution is 2.19. The third-order valence-electron chi connectivity index (χ3n) is 6.94. The number of carboxylic acid groups (broad SMARTS) is 1. The Balaban J connectivity index is 1.74. The van der Waals surface area contributed by atoms with Gasteiger partial charge in [0.05, 0.1) is 12.4 Å². The maximum Gasteiger partial charge on any atom is 0.326 e. The molecule has 0 radical (unpaired) electrons. The van der Waals surface area contributed by atoms with Gasteiger partial charge in [-0.1, -0.05) is 18.2 Å². The van der Waals surface area contributed by atoms with Crippen LogP contribution in [0.1, 0.15) is 43.4 Å². The second-order valence-corrected chi connectivity index (χ2v) is 10.3. The molecule has 0 saturated carbocycles. The Morgan fingerprint density at radius 3 is 2.26 bits per heavy atom. The number of aromatic amines is 2. The first kappa shape index (κ1) is 32.8. The van der Waals surface area contributed by atoms with Gasteiger partial charge in [0.15, 0.2) is 0 Å². The molecule has 12 N–H and O–H groups in total. The van der Waals surface area contributed by atoms with E-state index in [1.165, 1.54) is 12.5 Å². The number of carbonyl (C=O) groups is 5. The molecular formula is C28H39N9O6. The van der Waals surface area contributed by atoms with Gasteiger partial charge in [0.25, 0.3) is 0 Å². The molecule has 2 heterocycles. The molecule has 1 aromatic carbocycles. The number of nitrogens with one attached hydrogen (secondary N) is 5. The summed E-state index contributed by atoms with van der Waals surface area (Å²) in [5.41, 5.74) is 19.2. The Bertz CT molecular complexity index is 1390. The fourth-order valence-electron chi connectivity index (χ4n) is 4.58. The first-order valence-electron chi connectivity index (χ1n) is 14.0. The summed E-state index contributed by atoms with van der Waals surface area (Å²) in [5.74, 6) is -4.12. The van der Waals surface area contributed by atoms with Gasteiger partial charge < -0.3 is 48.2 Å². The molecule has 43 heavy (non-hydrogen) atoms. The van der Waals surface area contributed by atoms with Crippen LogP contribution in [0.25, 0.3) is 10.9 Å². The monoisotopic (exact) mass is 597 g/mol. The van der Waals surface area contributed by atoms with E-state index in [0.717, 1.165) is 16.5 Å². The molecule has 4 atom stereocenters. The average molecular weight is 598 g/mol. The minimum atomic E-state index is -1.31. The van der Waals surface area contributed by atoms with Crippen molar-refractivity contribution in [2.75, 3.05) is 6.54 Å². The van der Waals surface area contributed by atoms with E-state index in [0.29, 0.717) is 25.1 Å². The third-order valence-corrected chi connectivity index (χ3v) is 6.94. The topological polar surface area (TPSA) is 264 Å². The number of hydrogen-bond donors (Lipinski definition) is 9. The summed E-state index contributed by atoms with van der Waals surface area (Å²) in [6.45, 7) is 0.368. The number of amides is 4. The summed E-state index contributed by atoms with van der Waals surface area (Å²) >= 11 is 0. The fourth-order valence-corrected chi connectivity index (χ4v) is 4.58. The Morgan fingerprint density at radius 2 is 1.58 bits per heavy atom. The molecule has 0 saturated heterocycles. The lowest BCUT2D eigenvalue weighted by molar-refractivity contribution is -0.142. The molecule has 3 aromatic rings. The standard InChI is InChI=1S/C28H39N9O6/c29-10-4-3-7-22(28(42)43)36-26(40)21(8-9-24(31)38)35-27(41)23(12-17-14-32-15-34-17)37-25(39)19(30)11-16-13-33-20-6-2-1-5-18(16)20/h1-2,5-6,13-15,19,21-23,33H,3-4,7-12,29-30H2,(H2,31,38)(H,32,34)(H,35,41)(H,36,40)(H,37,39)(H,42,43). The number of imidazole rings is 1. The second-order valence-electron chi connectivity index (χ2n) is 10.3. The van der Waals surface area contributed by atoms with Crippen molar-refractivity contribution in [1.82, 2.24) is 30.9 Å². The Hall–Kier alpha value is -4.76. The van der Waals surface area contributed by atoms with Crippen molar-refractivity contribution in [3.63, 3.8) is 0 Å². The quantitative estimate of drug-likeness (QED) is 0.0807. The van der Waals surface area contributed by atoms with Gasteiger partial charge in [-0.25, -0.2) is 9.78 Å². The number of hydrogen-bond acceptors (Lipinski definition) is 8. The van der Waals surface area contributed by atoms with Gasteiger partial charge in [-0.05, 0) is 50.3 Å². The molecule has 3 rings (SSSR count). The Labute approximate surface area is 247 Å². The maximum atomic E-state index is 13.5. The van der Waals surface area contributed by atoms with Crippen molar-refractivity contribution in [3.8, 4) is 0 Å². The minimum Gasteiger partial charge on any atom is -0.480 e. The summed E-state index contributed by atoms with van der Waals surface area (Å²) in [4.78, 5) is 72.9. The number of nitrogens with two attached hydrogens (primary N) is 3. The number of aromatic nitrogens is 3. The highest BCUT2D eigenvalue weighted by Gasteiger charge is 2.31. The van der Waals surface area contributed by atoms with Gasteiger partial charge in [0, 0.05) is 41.8 Å². The van der Waals surface area contributed by atoms with Crippen LogP contribution in [0.4, 0.5) is 0 Å². The van der Waals surface area contributed by atoms with Crippen molar-refractivity contribution in [2.45, 2.75) is 69.1 Å². The zero-order chi connectivity index (χ0) is 31.4. The molecule has 232 valence electrons. The van der Waals surface area contributed by atoms with Crippen LogP contribution < -0.4 is 33.2 Å². The molecule has 0 bridgehead atoms. The maximum absolute atomic E-state index is 13.5. The van der Waals surface area contributed by atoms with Crippen molar-refractivity contribution in [1.29, 1.82) is 0 Å². The lowest BCUT2D eigenvalue weighted by atomic mass is 10.0. The predicted octanol–water partition coefficient (Wildman–Crippen LogP) is -1.06. The fraction of sp³-hybridized carbons (Fsp3) is 0.429. The van der Waals surface area contributed by atoms with E-state index in [-0.39, 0.29) is 32.1 Å². The van der Waals surface area contributed by atoms with E-state index in [1.807, 2.05) is 24.3 Å². The molecule has 0 spiro atoms. The highest BCUT2D eigenvalue weighted by atomic mass is 16.4. The SMILES string of the molecule is NCCCCC(NC(=O)C(CCC(N)=O)NC(=O)C(Cc1cnc[nH]1)NC(=O)C(N)Cc1c[nH]c2ccccc12)C(=O)O. The molecule has 2 aromatic heterocycles. The number of aliphatic carboxylic acids is 1. The zero-order valence-corrected chi connectivity index (χ0v) is 23.7. The molecule has 15 nitrogen and oxygen atoms in total. The van der Waals surface area contributed by atoms with Crippen LogP contribution in [0.2, 0.25) is 0 Å². The largest absolute Gasteiger partial charge is 0.480 e. The summed E-state index contributed by atoms with van der Waals surface area (Å²) < 4.78 is 0. The van der Waals surface area contributed by atoms with E-state index < -0.39 is 53.8 Å². The number of H-pyrrole nitrogens is 2. The van der Waals surface area contributed by atoms with Crippen molar-refractivity contribution in [3.05, 3.63) is 54.2 Å². The molecule has 4 amide bonds. The zero-order valence-electron chi connectivity index (χ0n) is 23.7.